The number of aryl methyl sites for hydroxylation is 1. The second kappa shape index (κ2) is 5.81. The van der Waals surface area contributed by atoms with E-state index in [2.05, 4.69) is 20.8 Å². The summed E-state index contributed by atoms with van der Waals surface area (Å²) in [6.45, 7) is 8.24. The van der Waals surface area contributed by atoms with Crippen molar-refractivity contribution >= 4 is 0 Å². The van der Waals surface area contributed by atoms with Crippen LogP contribution in [0, 0.1) is 18.2 Å². The van der Waals surface area contributed by atoms with Crippen LogP contribution in [-0.2, 0) is 11.2 Å². The monoisotopic (exact) mass is 253 g/mol. The van der Waals surface area contributed by atoms with E-state index in [-0.39, 0.29) is 23.4 Å². The van der Waals surface area contributed by atoms with E-state index in [9.17, 15) is 4.39 Å². The van der Waals surface area contributed by atoms with Crippen LogP contribution in [-0.4, -0.2) is 19.3 Å². The van der Waals surface area contributed by atoms with Gasteiger partial charge in [0.25, 0.3) is 0 Å². The highest BCUT2D eigenvalue weighted by Crippen LogP contribution is 2.25. The van der Waals surface area contributed by atoms with Gasteiger partial charge in [-0.3, -0.25) is 0 Å². The third-order valence-electron chi connectivity index (χ3n) is 3.26. The summed E-state index contributed by atoms with van der Waals surface area (Å²) in [7, 11) is 1.69. The van der Waals surface area contributed by atoms with E-state index in [0.717, 1.165) is 11.1 Å². The Bertz CT molecular complexity index is 398. The standard InChI is InChI=1S/C15H24FNO/c1-10-8-12(16)7-6-11(10)9-13(17)14(18-5)15(2,3)4/h6-8,13-14H,9,17H2,1-5H3. The minimum atomic E-state index is -0.205. The van der Waals surface area contributed by atoms with Crippen molar-refractivity contribution in [3.05, 3.63) is 35.1 Å². The number of hydrogen-bond acceptors (Lipinski definition) is 2. The molecule has 0 aliphatic rings. The van der Waals surface area contributed by atoms with Gasteiger partial charge in [-0.25, -0.2) is 4.39 Å². The molecule has 0 bridgehead atoms. The fraction of sp³-hybridized carbons (Fsp3) is 0.600. The lowest BCUT2D eigenvalue weighted by Crippen LogP contribution is -2.46. The predicted molar refractivity (Wildman–Crippen MR) is 73.1 cm³/mol. The molecule has 2 nitrogen and oxygen atoms in total. The van der Waals surface area contributed by atoms with Gasteiger partial charge in [0.2, 0.25) is 0 Å². The van der Waals surface area contributed by atoms with Crippen molar-refractivity contribution in [3.63, 3.8) is 0 Å². The van der Waals surface area contributed by atoms with Crippen LogP contribution in [0.5, 0.6) is 0 Å². The number of hydrogen-bond donors (Lipinski definition) is 1. The molecule has 0 radical (unpaired) electrons. The zero-order chi connectivity index (χ0) is 13.9. The van der Waals surface area contributed by atoms with Crippen LogP contribution < -0.4 is 5.73 Å². The molecular formula is C15H24FNO. The van der Waals surface area contributed by atoms with E-state index in [1.165, 1.54) is 6.07 Å². The third kappa shape index (κ3) is 3.79. The number of methoxy groups -OCH3 is 1. The lowest BCUT2D eigenvalue weighted by atomic mass is 9.82. The molecule has 0 spiro atoms. The van der Waals surface area contributed by atoms with Gasteiger partial charge in [0.15, 0.2) is 0 Å². The van der Waals surface area contributed by atoms with Crippen molar-refractivity contribution in [1.82, 2.24) is 0 Å². The number of ether oxygens (including phenoxy) is 1. The van der Waals surface area contributed by atoms with E-state index in [1.807, 2.05) is 6.92 Å². The zero-order valence-electron chi connectivity index (χ0n) is 12.0. The number of benzene rings is 1. The zero-order valence-corrected chi connectivity index (χ0v) is 12.0. The first-order chi connectivity index (χ1) is 8.25. The second-order valence-electron chi connectivity index (χ2n) is 5.96. The molecule has 1 aromatic rings. The van der Waals surface area contributed by atoms with Gasteiger partial charge in [-0.2, -0.15) is 0 Å². The van der Waals surface area contributed by atoms with Crippen LogP contribution in [0.25, 0.3) is 0 Å². The molecule has 2 N–H and O–H groups in total. The molecule has 0 amide bonds. The molecule has 2 unspecified atom stereocenters. The van der Waals surface area contributed by atoms with Gasteiger partial charge < -0.3 is 10.5 Å². The fourth-order valence-electron chi connectivity index (χ4n) is 2.42. The van der Waals surface area contributed by atoms with Crippen molar-refractivity contribution in [2.24, 2.45) is 11.1 Å². The van der Waals surface area contributed by atoms with E-state index >= 15 is 0 Å². The Morgan fingerprint density at radius 1 is 1.33 bits per heavy atom. The smallest absolute Gasteiger partial charge is 0.123 e. The summed E-state index contributed by atoms with van der Waals surface area (Å²) in [5, 5.41) is 0. The van der Waals surface area contributed by atoms with Gasteiger partial charge in [-0.15, -0.1) is 0 Å². The van der Waals surface area contributed by atoms with Gasteiger partial charge >= 0.3 is 0 Å². The Labute approximate surface area is 109 Å². The van der Waals surface area contributed by atoms with E-state index < -0.39 is 0 Å². The molecule has 0 heterocycles. The van der Waals surface area contributed by atoms with Crippen LogP contribution in [0.1, 0.15) is 31.9 Å². The maximum absolute atomic E-state index is 13.0. The predicted octanol–water partition coefficient (Wildman–Crippen LogP) is 3.07. The summed E-state index contributed by atoms with van der Waals surface area (Å²) in [5.41, 5.74) is 8.24. The Morgan fingerprint density at radius 3 is 2.39 bits per heavy atom. The van der Waals surface area contributed by atoms with Gasteiger partial charge in [0.05, 0.1) is 6.10 Å². The highest BCUT2D eigenvalue weighted by Gasteiger charge is 2.30. The molecule has 0 aliphatic carbocycles. The van der Waals surface area contributed by atoms with Crippen LogP contribution in [0.2, 0.25) is 0 Å². The van der Waals surface area contributed by atoms with Crippen molar-refractivity contribution in [2.45, 2.75) is 46.3 Å². The second-order valence-corrected chi connectivity index (χ2v) is 5.96. The Morgan fingerprint density at radius 2 is 1.94 bits per heavy atom. The van der Waals surface area contributed by atoms with Crippen LogP contribution in [0.15, 0.2) is 18.2 Å². The van der Waals surface area contributed by atoms with Crippen molar-refractivity contribution in [2.75, 3.05) is 7.11 Å². The van der Waals surface area contributed by atoms with Crippen molar-refractivity contribution in [1.29, 1.82) is 0 Å². The lowest BCUT2D eigenvalue weighted by molar-refractivity contribution is -0.00168. The molecule has 18 heavy (non-hydrogen) atoms. The lowest BCUT2D eigenvalue weighted by Gasteiger charge is -2.34. The first kappa shape index (κ1) is 15.1. The van der Waals surface area contributed by atoms with Crippen LogP contribution >= 0.6 is 0 Å². The maximum Gasteiger partial charge on any atom is 0.123 e. The maximum atomic E-state index is 13.0. The molecular weight excluding hydrogens is 229 g/mol. The SMILES string of the molecule is COC(C(N)Cc1ccc(F)cc1C)C(C)(C)C. The van der Waals surface area contributed by atoms with Gasteiger partial charge in [0.1, 0.15) is 5.82 Å². The average molecular weight is 253 g/mol. The molecule has 0 fully saturated rings. The fourth-order valence-corrected chi connectivity index (χ4v) is 2.42. The Kier molecular flexibility index (Phi) is 4.88. The number of rotatable bonds is 4. The average Bonchev–Trinajstić information content (AvgIpc) is 2.21. The minimum absolute atomic E-state index is 0.0118. The van der Waals surface area contributed by atoms with E-state index in [4.69, 9.17) is 10.5 Å². The Hall–Kier alpha value is -0.930. The van der Waals surface area contributed by atoms with Gasteiger partial charge in [0, 0.05) is 13.2 Å². The third-order valence-corrected chi connectivity index (χ3v) is 3.26. The minimum Gasteiger partial charge on any atom is -0.379 e. The summed E-state index contributed by atoms with van der Waals surface area (Å²) in [5.74, 6) is -0.205. The molecule has 2 atom stereocenters. The largest absolute Gasteiger partial charge is 0.379 e. The van der Waals surface area contributed by atoms with Crippen LogP contribution in [0.3, 0.4) is 0 Å². The summed E-state index contributed by atoms with van der Waals surface area (Å²) >= 11 is 0. The van der Waals surface area contributed by atoms with E-state index in [1.54, 1.807) is 19.2 Å². The molecule has 0 saturated carbocycles. The van der Waals surface area contributed by atoms with Crippen molar-refractivity contribution in [3.8, 4) is 0 Å². The normalized spacial score (nSPS) is 15.5. The molecule has 0 aromatic heterocycles. The summed E-state index contributed by atoms with van der Waals surface area (Å²) < 4.78 is 18.6. The van der Waals surface area contributed by atoms with Gasteiger partial charge in [-0.1, -0.05) is 26.8 Å². The molecule has 1 rings (SSSR count). The van der Waals surface area contributed by atoms with E-state index in [0.29, 0.717) is 6.42 Å². The topological polar surface area (TPSA) is 35.2 Å². The quantitative estimate of drug-likeness (QED) is 0.895. The highest BCUT2D eigenvalue weighted by atomic mass is 19.1. The summed E-state index contributed by atoms with van der Waals surface area (Å²) in [6, 6.07) is 4.73. The number of halogens is 1. The molecule has 1 aromatic carbocycles. The summed E-state index contributed by atoms with van der Waals surface area (Å²) in [4.78, 5) is 0. The number of nitrogens with two attached hydrogens (primary N) is 1. The van der Waals surface area contributed by atoms with Gasteiger partial charge in [-0.05, 0) is 42.0 Å². The first-order valence-electron chi connectivity index (χ1n) is 6.29. The highest BCUT2D eigenvalue weighted by molar-refractivity contribution is 5.27. The molecule has 0 saturated heterocycles. The van der Waals surface area contributed by atoms with Crippen LogP contribution in [0.4, 0.5) is 4.39 Å². The van der Waals surface area contributed by atoms with Crippen molar-refractivity contribution < 1.29 is 9.13 Å². The Balaban J connectivity index is 2.83. The first-order valence-corrected chi connectivity index (χ1v) is 6.29. The molecule has 102 valence electrons. The molecule has 0 aliphatic heterocycles. The molecule has 3 heteroatoms. The summed E-state index contributed by atoms with van der Waals surface area (Å²) in [6.07, 6.45) is 0.670.